The third-order valence-electron chi connectivity index (χ3n) is 3.15. The Labute approximate surface area is 153 Å². The van der Waals surface area contributed by atoms with E-state index in [0.29, 0.717) is 12.5 Å². The summed E-state index contributed by atoms with van der Waals surface area (Å²) >= 11 is 0. The van der Waals surface area contributed by atoms with E-state index in [0.717, 1.165) is 25.7 Å². The Hall–Kier alpha value is 0.673. The smallest absolute Gasteiger partial charge is 1.00 e. The van der Waals surface area contributed by atoms with Gasteiger partial charge in [-0.05, 0) is 25.7 Å². The van der Waals surface area contributed by atoms with Crippen molar-refractivity contribution in [3.8, 4) is 0 Å². The van der Waals surface area contributed by atoms with Crippen LogP contribution in [0.3, 0.4) is 0 Å². The zero-order chi connectivity index (χ0) is 10.5. The zero-order valence-corrected chi connectivity index (χ0v) is 15.4. The first-order chi connectivity index (χ1) is 7.42. The van der Waals surface area contributed by atoms with Crippen LogP contribution in [-0.4, -0.2) is 11.7 Å². The number of allylic oxidation sites excluding steroid dienone is 8. The van der Waals surface area contributed by atoms with Crippen molar-refractivity contribution in [1.29, 1.82) is 0 Å². The minimum absolute atomic E-state index is 0. The number of halogens is 3. The zero-order valence-electron chi connectivity index (χ0n) is 10.7. The fourth-order valence-corrected chi connectivity index (χ4v) is 2.35. The maximum Gasteiger partial charge on any atom is 3.00 e. The van der Waals surface area contributed by atoms with Crippen LogP contribution >= 0.6 is 0 Å². The van der Waals surface area contributed by atoms with Gasteiger partial charge in [0.15, 0.2) is 0 Å². The van der Waals surface area contributed by atoms with Crippen LogP contribution in [0.25, 0.3) is 0 Å². The van der Waals surface area contributed by atoms with Gasteiger partial charge in [0.2, 0.25) is 0 Å². The summed E-state index contributed by atoms with van der Waals surface area (Å²) in [6.07, 6.45) is 17.4. The molecule has 0 aliphatic heterocycles. The molecule has 0 fully saturated rings. The molecule has 0 saturated carbocycles. The van der Waals surface area contributed by atoms with E-state index in [2.05, 4.69) is 36.5 Å². The van der Waals surface area contributed by atoms with Crippen molar-refractivity contribution < 1.29 is 68.5 Å². The number of hydrogen-bond acceptors (Lipinski definition) is 1. The van der Waals surface area contributed by atoms with E-state index >= 15 is 0 Å². The van der Waals surface area contributed by atoms with Gasteiger partial charge in [-0.3, -0.25) is 0 Å². The van der Waals surface area contributed by atoms with E-state index in [1.165, 1.54) is 11.1 Å². The van der Waals surface area contributed by atoms with Gasteiger partial charge in [0.05, 0.1) is 0 Å². The second-order valence-electron chi connectivity index (χ2n) is 4.17. The van der Waals surface area contributed by atoms with E-state index in [1.54, 1.807) is 0 Å². The molecule has 0 aromatic heterocycles. The van der Waals surface area contributed by atoms with Crippen LogP contribution in [0.2, 0.25) is 0 Å². The van der Waals surface area contributed by atoms with Gasteiger partial charge < -0.3 is 42.3 Å². The van der Waals surface area contributed by atoms with Crippen LogP contribution in [0, 0.1) is 5.92 Å². The van der Waals surface area contributed by atoms with E-state index < -0.39 is 0 Å². The molecule has 1 N–H and O–H groups in total. The summed E-state index contributed by atoms with van der Waals surface area (Å²) < 4.78 is 0. The average Bonchev–Trinajstić information content (AvgIpc) is 2.90. The Balaban J connectivity index is -0.000000640. The monoisotopic (exact) mass is 397 g/mol. The van der Waals surface area contributed by atoms with Crippen LogP contribution < -0.4 is 37.2 Å². The molecule has 19 heavy (non-hydrogen) atoms. The summed E-state index contributed by atoms with van der Waals surface area (Å²) in [7, 11) is 0. The van der Waals surface area contributed by atoms with Crippen LogP contribution in [0.1, 0.15) is 25.7 Å². The summed E-state index contributed by atoms with van der Waals surface area (Å²) in [4.78, 5) is 0. The van der Waals surface area contributed by atoms with Gasteiger partial charge >= 0.3 is 26.2 Å². The Morgan fingerprint density at radius 3 is 1.74 bits per heavy atom. The van der Waals surface area contributed by atoms with E-state index in [1.807, 2.05) is 0 Å². The first kappa shape index (κ1) is 24.7. The molecule has 1 nitrogen and oxygen atoms in total. The van der Waals surface area contributed by atoms with E-state index in [-0.39, 0.29) is 63.4 Å². The van der Waals surface area contributed by atoms with Crippen molar-refractivity contribution in [3.63, 3.8) is 0 Å². The van der Waals surface area contributed by atoms with Gasteiger partial charge in [0.25, 0.3) is 0 Å². The van der Waals surface area contributed by atoms with Crippen LogP contribution in [0.5, 0.6) is 0 Å². The Morgan fingerprint density at radius 2 is 1.42 bits per heavy atom. The minimum Gasteiger partial charge on any atom is -1.00 e. The van der Waals surface area contributed by atoms with Gasteiger partial charge in [0, 0.05) is 12.5 Å². The summed E-state index contributed by atoms with van der Waals surface area (Å²) in [6.45, 7) is 0.303. The van der Waals surface area contributed by atoms with Crippen LogP contribution in [0.4, 0.5) is 0 Å². The Bertz CT molecular complexity index is 319. The molecule has 0 aromatic carbocycles. The molecule has 0 saturated heterocycles. The van der Waals surface area contributed by atoms with E-state index in [9.17, 15) is 0 Å². The normalized spacial score (nSPS) is 14.8. The van der Waals surface area contributed by atoms with Crippen LogP contribution in [-0.2, 0) is 26.2 Å². The molecule has 2 rings (SSSR count). The van der Waals surface area contributed by atoms with Gasteiger partial charge in [-0.2, -0.15) is 0 Å². The van der Waals surface area contributed by atoms with Crippen molar-refractivity contribution in [2.75, 3.05) is 6.61 Å². The van der Waals surface area contributed by atoms with Crippen molar-refractivity contribution >= 4 is 0 Å². The Morgan fingerprint density at radius 1 is 0.947 bits per heavy atom. The maximum absolute atomic E-state index is 8.93. The second kappa shape index (κ2) is 13.6. The first-order valence-corrected chi connectivity index (χ1v) is 5.74. The van der Waals surface area contributed by atoms with Gasteiger partial charge in [-0.15, -0.1) is 0 Å². The molecule has 0 heterocycles. The standard InChI is InChI=1S/C14H18O.3ClH.Zr/c15-11-5-10-14(12-6-1-2-7-12)13-8-3-4-9-13;;;;/h1-4,6,8,14-15H,5,7,9-11H2;3*1H;/q;;;;+3/p-3. The van der Waals surface area contributed by atoms with Gasteiger partial charge in [-0.25, -0.2) is 0 Å². The average molecular weight is 400 g/mol. The van der Waals surface area contributed by atoms with Crippen molar-refractivity contribution in [2.24, 2.45) is 5.92 Å². The van der Waals surface area contributed by atoms with Crippen molar-refractivity contribution in [1.82, 2.24) is 0 Å². The summed E-state index contributed by atoms with van der Waals surface area (Å²) in [5.41, 5.74) is 3.02. The molecule has 105 valence electrons. The molecule has 2 aliphatic rings. The van der Waals surface area contributed by atoms with E-state index in [4.69, 9.17) is 5.11 Å². The van der Waals surface area contributed by atoms with Crippen molar-refractivity contribution in [3.05, 3.63) is 47.6 Å². The largest absolute Gasteiger partial charge is 3.00 e. The number of hydrogen-bond donors (Lipinski definition) is 1. The second-order valence-corrected chi connectivity index (χ2v) is 4.17. The number of aliphatic hydroxyl groups is 1. The predicted molar refractivity (Wildman–Crippen MR) is 63.5 cm³/mol. The minimum atomic E-state index is 0. The predicted octanol–water partition coefficient (Wildman–Crippen LogP) is -5.84. The summed E-state index contributed by atoms with van der Waals surface area (Å²) in [5.74, 6) is 0.558. The molecular formula is C14H18Cl3OZr. The first-order valence-electron chi connectivity index (χ1n) is 5.74. The number of rotatable bonds is 5. The van der Waals surface area contributed by atoms with Gasteiger partial charge in [0.1, 0.15) is 0 Å². The topological polar surface area (TPSA) is 20.2 Å². The third kappa shape index (κ3) is 7.30. The van der Waals surface area contributed by atoms with Crippen molar-refractivity contribution in [2.45, 2.75) is 25.7 Å². The summed E-state index contributed by atoms with van der Waals surface area (Å²) in [5, 5.41) is 8.93. The maximum atomic E-state index is 8.93. The molecule has 0 spiro atoms. The molecule has 0 aromatic rings. The van der Waals surface area contributed by atoms with Crippen LogP contribution in [0.15, 0.2) is 47.6 Å². The molecule has 0 unspecified atom stereocenters. The SMILES string of the molecule is OCCCC(C1=CC=CC1)C1=CC=CC1.[Cl-].[Cl-].[Cl-].[Zr+3]. The fourth-order valence-electron chi connectivity index (χ4n) is 2.35. The quantitative estimate of drug-likeness (QED) is 0.488. The molecule has 0 bridgehead atoms. The molecule has 5 heteroatoms. The fraction of sp³-hybridized carbons (Fsp3) is 0.429. The summed E-state index contributed by atoms with van der Waals surface area (Å²) in [6, 6.07) is 0. The number of aliphatic hydroxyl groups excluding tert-OH is 1. The molecule has 0 amide bonds. The third-order valence-corrected chi connectivity index (χ3v) is 3.15. The Kier molecular flexibility index (Phi) is 17.7. The molecular weight excluding hydrogens is 382 g/mol. The van der Waals surface area contributed by atoms with Gasteiger partial charge in [-0.1, -0.05) is 47.6 Å². The molecule has 1 radical (unpaired) electrons. The molecule has 2 aliphatic carbocycles. The molecule has 0 atom stereocenters.